The third kappa shape index (κ3) is 6.66. The minimum Gasteiger partial charge on any atom is -0.389 e. The van der Waals surface area contributed by atoms with E-state index in [4.69, 9.17) is 16.3 Å². The Hall–Kier alpha value is -0.130. The van der Waals surface area contributed by atoms with Crippen molar-refractivity contribution in [3.63, 3.8) is 0 Å². The quantitative estimate of drug-likeness (QED) is 0.716. The van der Waals surface area contributed by atoms with Crippen LogP contribution in [0.1, 0.15) is 37.5 Å². The van der Waals surface area contributed by atoms with Gasteiger partial charge in [-0.25, -0.2) is 0 Å². The Kier molecular flexibility index (Phi) is 7.47. The zero-order chi connectivity index (χ0) is 15.1. The highest BCUT2D eigenvalue weighted by Gasteiger charge is 2.20. The fourth-order valence-corrected chi connectivity index (χ4v) is 3.89. The molecule has 2 N–H and O–H groups in total. The Morgan fingerprint density at radius 1 is 1.48 bits per heavy atom. The van der Waals surface area contributed by atoms with Crippen molar-refractivity contribution in [3.05, 3.63) is 21.3 Å². The molecule has 1 heterocycles. The summed E-state index contributed by atoms with van der Waals surface area (Å²) in [5.41, 5.74) is 0. The van der Waals surface area contributed by atoms with Gasteiger partial charge in [-0.3, -0.25) is 0 Å². The van der Waals surface area contributed by atoms with Gasteiger partial charge in [-0.2, -0.15) is 0 Å². The maximum absolute atomic E-state index is 9.94. The molecule has 0 amide bonds. The van der Waals surface area contributed by atoms with E-state index in [1.54, 1.807) is 11.3 Å². The molecule has 1 aromatic rings. The highest BCUT2D eigenvalue weighted by molar-refractivity contribution is 7.16. The molecule has 1 saturated carbocycles. The van der Waals surface area contributed by atoms with Gasteiger partial charge >= 0.3 is 0 Å². The first-order valence-electron chi connectivity index (χ1n) is 7.88. The van der Waals surface area contributed by atoms with Crippen LogP contribution in [0.4, 0.5) is 0 Å². The molecule has 21 heavy (non-hydrogen) atoms. The van der Waals surface area contributed by atoms with Gasteiger partial charge in [-0.05, 0) is 37.3 Å². The fraction of sp³-hybridized carbons (Fsp3) is 0.750. The summed E-state index contributed by atoms with van der Waals surface area (Å²) in [5.74, 6) is 0.761. The van der Waals surface area contributed by atoms with Gasteiger partial charge < -0.3 is 15.2 Å². The molecule has 0 saturated heterocycles. The van der Waals surface area contributed by atoms with Gasteiger partial charge in [0.25, 0.3) is 0 Å². The molecule has 3 atom stereocenters. The summed E-state index contributed by atoms with van der Waals surface area (Å²) in [7, 11) is 0. The number of hydrogen-bond acceptors (Lipinski definition) is 4. The number of hydrogen-bond donors (Lipinski definition) is 2. The summed E-state index contributed by atoms with van der Waals surface area (Å²) < 4.78 is 6.66. The van der Waals surface area contributed by atoms with Gasteiger partial charge in [0, 0.05) is 18.0 Å². The third-order valence-corrected chi connectivity index (χ3v) is 5.26. The number of halogens is 1. The zero-order valence-electron chi connectivity index (χ0n) is 12.7. The maximum Gasteiger partial charge on any atom is 0.0931 e. The van der Waals surface area contributed by atoms with E-state index in [-0.39, 0.29) is 0 Å². The second-order valence-electron chi connectivity index (χ2n) is 6.04. The lowest BCUT2D eigenvalue weighted by Gasteiger charge is -2.27. The first kappa shape index (κ1) is 17.2. The van der Waals surface area contributed by atoms with E-state index in [1.807, 2.05) is 6.07 Å². The Morgan fingerprint density at radius 3 is 3.05 bits per heavy atom. The molecule has 3 unspecified atom stereocenters. The molecule has 3 nitrogen and oxygen atoms in total. The molecule has 0 aliphatic heterocycles. The van der Waals surface area contributed by atoms with Gasteiger partial charge in [-0.15, -0.1) is 11.3 Å². The van der Waals surface area contributed by atoms with Crippen molar-refractivity contribution >= 4 is 22.9 Å². The number of nitrogens with one attached hydrogen (secondary N) is 1. The first-order valence-corrected chi connectivity index (χ1v) is 9.07. The molecule has 0 spiro atoms. The molecule has 1 aromatic heterocycles. The van der Waals surface area contributed by atoms with Gasteiger partial charge in [0.2, 0.25) is 0 Å². The smallest absolute Gasteiger partial charge is 0.0931 e. The van der Waals surface area contributed by atoms with E-state index in [2.05, 4.69) is 18.3 Å². The number of aliphatic hydroxyl groups is 1. The topological polar surface area (TPSA) is 41.5 Å². The van der Waals surface area contributed by atoms with Gasteiger partial charge in [0.1, 0.15) is 0 Å². The standard InChI is InChI=1S/C16H26ClNO2S/c1-12-3-2-4-14(9-12)20-11-13(19)10-18-8-7-15-5-6-16(17)21-15/h5-6,12-14,18-19H,2-4,7-11H2,1H3. The normalized spacial score (nSPS) is 24.1. The van der Waals surface area contributed by atoms with Crippen molar-refractivity contribution in [1.29, 1.82) is 0 Å². The van der Waals surface area contributed by atoms with Gasteiger partial charge in [-0.1, -0.05) is 31.4 Å². The molecule has 1 fully saturated rings. The Bertz CT molecular complexity index is 413. The van der Waals surface area contributed by atoms with Crippen LogP contribution in [0.5, 0.6) is 0 Å². The molecule has 1 aliphatic carbocycles. The first-order chi connectivity index (χ1) is 10.1. The number of aliphatic hydroxyl groups excluding tert-OH is 1. The minimum atomic E-state index is -0.422. The number of ether oxygens (including phenoxy) is 1. The van der Waals surface area contributed by atoms with E-state index in [0.29, 0.717) is 19.3 Å². The van der Waals surface area contributed by atoms with Crippen molar-refractivity contribution in [2.45, 2.75) is 51.2 Å². The average Bonchev–Trinajstić information content (AvgIpc) is 2.87. The molecular weight excluding hydrogens is 306 g/mol. The summed E-state index contributed by atoms with van der Waals surface area (Å²) in [4.78, 5) is 1.27. The summed E-state index contributed by atoms with van der Waals surface area (Å²) in [5, 5.41) is 13.2. The van der Waals surface area contributed by atoms with Gasteiger partial charge in [0.05, 0.1) is 23.2 Å². The largest absolute Gasteiger partial charge is 0.389 e. The molecule has 1 aliphatic rings. The monoisotopic (exact) mass is 331 g/mol. The molecule has 0 radical (unpaired) electrons. The van der Waals surface area contributed by atoms with Crippen LogP contribution >= 0.6 is 22.9 Å². The minimum absolute atomic E-state index is 0.344. The van der Waals surface area contributed by atoms with Crippen molar-refractivity contribution < 1.29 is 9.84 Å². The van der Waals surface area contributed by atoms with Crippen molar-refractivity contribution in [2.24, 2.45) is 5.92 Å². The van der Waals surface area contributed by atoms with E-state index in [0.717, 1.165) is 36.1 Å². The SMILES string of the molecule is CC1CCCC(OCC(O)CNCCc2ccc(Cl)s2)C1. The van der Waals surface area contributed by atoms with Crippen molar-refractivity contribution in [2.75, 3.05) is 19.7 Å². The molecule has 2 rings (SSSR count). The van der Waals surface area contributed by atoms with Gasteiger partial charge in [0.15, 0.2) is 0 Å². The van der Waals surface area contributed by atoms with Crippen LogP contribution in [-0.2, 0) is 11.2 Å². The van der Waals surface area contributed by atoms with E-state index in [9.17, 15) is 5.11 Å². The zero-order valence-corrected chi connectivity index (χ0v) is 14.3. The fourth-order valence-electron chi connectivity index (χ4n) is 2.80. The average molecular weight is 332 g/mol. The van der Waals surface area contributed by atoms with E-state index in [1.165, 1.54) is 17.7 Å². The van der Waals surface area contributed by atoms with Crippen LogP contribution < -0.4 is 5.32 Å². The second kappa shape index (κ2) is 9.11. The lowest BCUT2D eigenvalue weighted by Crippen LogP contribution is -2.33. The lowest BCUT2D eigenvalue weighted by atomic mass is 9.89. The van der Waals surface area contributed by atoms with Crippen LogP contribution in [0, 0.1) is 5.92 Å². The van der Waals surface area contributed by atoms with Crippen LogP contribution in [0.3, 0.4) is 0 Å². The number of thiophene rings is 1. The van der Waals surface area contributed by atoms with Crippen LogP contribution in [0.25, 0.3) is 0 Å². The summed E-state index contributed by atoms with van der Waals surface area (Å²) in [6, 6.07) is 3.98. The third-order valence-electron chi connectivity index (χ3n) is 3.97. The molecule has 120 valence electrons. The van der Waals surface area contributed by atoms with E-state index >= 15 is 0 Å². The predicted molar refractivity (Wildman–Crippen MR) is 89.3 cm³/mol. The summed E-state index contributed by atoms with van der Waals surface area (Å²) in [6.07, 6.45) is 5.72. The lowest BCUT2D eigenvalue weighted by molar-refractivity contribution is -0.0305. The second-order valence-corrected chi connectivity index (χ2v) is 7.84. The Morgan fingerprint density at radius 2 is 2.33 bits per heavy atom. The highest BCUT2D eigenvalue weighted by Crippen LogP contribution is 2.25. The van der Waals surface area contributed by atoms with Crippen molar-refractivity contribution in [3.8, 4) is 0 Å². The number of rotatable bonds is 8. The van der Waals surface area contributed by atoms with Crippen LogP contribution in [-0.4, -0.2) is 37.0 Å². The molecule has 5 heteroatoms. The van der Waals surface area contributed by atoms with E-state index < -0.39 is 6.10 Å². The summed E-state index contributed by atoms with van der Waals surface area (Å²) >= 11 is 7.50. The van der Waals surface area contributed by atoms with Crippen molar-refractivity contribution in [1.82, 2.24) is 5.32 Å². The predicted octanol–water partition coefficient (Wildman–Crippen LogP) is 3.49. The molecular formula is C16H26ClNO2S. The molecule has 0 bridgehead atoms. The Balaban J connectivity index is 1.52. The maximum atomic E-state index is 9.94. The molecule has 0 aromatic carbocycles. The van der Waals surface area contributed by atoms with Crippen LogP contribution in [0.2, 0.25) is 4.34 Å². The van der Waals surface area contributed by atoms with Crippen LogP contribution in [0.15, 0.2) is 12.1 Å². The summed E-state index contributed by atoms with van der Waals surface area (Å²) in [6.45, 7) is 4.16. The Labute approximate surface area is 136 Å². The highest BCUT2D eigenvalue weighted by atomic mass is 35.5.